The standard InChI is InChI=1S/C22H27ClO8S/c1-2-29-21(26)14-10-22(30-16(11-24)17(12-25)31-22)9-8-18(14)32(27,28)19-7-6-13-4-3-5-15(23)20(13)19/h3-5,10,16-19,24-25H,2,6-9,11-12H2,1H3/t16-,17-,18?,19+/m1/s1. The summed E-state index contributed by atoms with van der Waals surface area (Å²) in [6.45, 7) is 0.956. The van der Waals surface area contributed by atoms with Gasteiger partial charge in [0.15, 0.2) is 15.6 Å². The number of carbonyl (C=O) groups is 1. The maximum absolute atomic E-state index is 13.8. The number of ether oxygens (including phenoxy) is 3. The Morgan fingerprint density at radius 1 is 1.19 bits per heavy atom. The molecule has 10 heteroatoms. The van der Waals surface area contributed by atoms with Crippen molar-refractivity contribution in [3.63, 3.8) is 0 Å². The van der Waals surface area contributed by atoms with E-state index in [1.165, 1.54) is 6.08 Å². The van der Waals surface area contributed by atoms with Gasteiger partial charge in [-0.3, -0.25) is 0 Å². The SMILES string of the molecule is CCOC(=O)C1=CC2(CCC1S(=O)(=O)[C@H]1CCc3cccc(Cl)c31)O[C@H](CO)[C@@H](CO)O2. The van der Waals surface area contributed by atoms with Gasteiger partial charge in [-0.15, -0.1) is 0 Å². The van der Waals surface area contributed by atoms with E-state index in [4.69, 9.17) is 25.8 Å². The van der Waals surface area contributed by atoms with Gasteiger partial charge in [-0.05, 0) is 49.5 Å². The average molecular weight is 487 g/mol. The maximum Gasteiger partial charge on any atom is 0.335 e. The van der Waals surface area contributed by atoms with Crippen molar-refractivity contribution in [2.24, 2.45) is 0 Å². The van der Waals surface area contributed by atoms with Crippen LogP contribution in [0, 0.1) is 0 Å². The van der Waals surface area contributed by atoms with Crippen LogP contribution in [0.5, 0.6) is 0 Å². The van der Waals surface area contributed by atoms with Gasteiger partial charge in [-0.25, -0.2) is 13.2 Å². The second-order valence-electron chi connectivity index (χ2n) is 8.27. The second-order valence-corrected chi connectivity index (χ2v) is 11.0. The first-order valence-corrected chi connectivity index (χ1v) is 12.7. The van der Waals surface area contributed by atoms with Crippen LogP contribution in [0.15, 0.2) is 29.8 Å². The quantitative estimate of drug-likeness (QED) is 0.585. The molecule has 1 spiro atoms. The van der Waals surface area contributed by atoms with Crippen LogP contribution in [0.25, 0.3) is 0 Å². The summed E-state index contributed by atoms with van der Waals surface area (Å²) in [5.74, 6) is -2.15. The minimum atomic E-state index is -3.86. The van der Waals surface area contributed by atoms with Gasteiger partial charge in [0.05, 0.1) is 35.9 Å². The van der Waals surface area contributed by atoms with Crippen molar-refractivity contribution in [2.45, 2.75) is 61.1 Å². The molecule has 2 aliphatic carbocycles. The number of hydrogen-bond donors (Lipinski definition) is 2. The van der Waals surface area contributed by atoms with E-state index in [1.807, 2.05) is 6.07 Å². The third kappa shape index (κ3) is 3.99. The number of aliphatic hydroxyl groups excluding tert-OH is 2. The minimum absolute atomic E-state index is 0.0473. The normalized spacial score (nSPS) is 29.1. The van der Waals surface area contributed by atoms with E-state index in [2.05, 4.69) is 0 Å². The minimum Gasteiger partial charge on any atom is -0.463 e. The zero-order valence-electron chi connectivity index (χ0n) is 17.7. The highest BCUT2D eigenvalue weighted by molar-refractivity contribution is 7.92. The highest BCUT2D eigenvalue weighted by Crippen LogP contribution is 2.47. The fraction of sp³-hybridized carbons (Fsp3) is 0.591. The topological polar surface area (TPSA) is 119 Å². The third-order valence-electron chi connectivity index (χ3n) is 6.40. The molecule has 1 fully saturated rings. The van der Waals surface area contributed by atoms with Crippen LogP contribution in [-0.4, -0.2) is 67.7 Å². The molecule has 4 rings (SSSR count). The molecule has 1 heterocycles. The molecule has 0 bridgehead atoms. The number of fused-ring (bicyclic) bond motifs is 1. The fourth-order valence-corrected chi connectivity index (χ4v) is 7.75. The fourth-order valence-electron chi connectivity index (χ4n) is 4.94. The molecule has 1 unspecified atom stereocenters. The smallest absolute Gasteiger partial charge is 0.335 e. The summed E-state index contributed by atoms with van der Waals surface area (Å²) < 4.78 is 44.4. The third-order valence-corrected chi connectivity index (χ3v) is 9.28. The summed E-state index contributed by atoms with van der Waals surface area (Å²) in [5, 5.41) is 17.6. The monoisotopic (exact) mass is 486 g/mol. The van der Waals surface area contributed by atoms with Crippen LogP contribution in [0.3, 0.4) is 0 Å². The highest BCUT2D eigenvalue weighted by Gasteiger charge is 2.53. The molecular weight excluding hydrogens is 460 g/mol. The largest absolute Gasteiger partial charge is 0.463 e. The summed E-state index contributed by atoms with van der Waals surface area (Å²) in [7, 11) is -3.86. The predicted molar refractivity (Wildman–Crippen MR) is 116 cm³/mol. The Balaban J connectivity index is 1.73. The number of benzene rings is 1. The number of aliphatic hydroxyl groups is 2. The van der Waals surface area contributed by atoms with Crippen LogP contribution in [0.2, 0.25) is 5.02 Å². The number of halogens is 1. The number of esters is 1. The Morgan fingerprint density at radius 3 is 2.50 bits per heavy atom. The van der Waals surface area contributed by atoms with Crippen LogP contribution in [0.1, 0.15) is 42.6 Å². The number of rotatable bonds is 6. The van der Waals surface area contributed by atoms with Crippen LogP contribution in [0.4, 0.5) is 0 Å². The molecule has 0 saturated carbocycles. The van der Waals surface area contributed by atoms with Gasteiger partial charge in [-0.2, -0.15) is 0 Å². The zero-order valence-corrected chi connectivity index (χ0v) is 19.3. The highest BCUT2D eigenvalue weighted by atomic mass is 35.5. The first-order chi connectivity index (χ1) is 15.3. The molecule has 1 aliphatic heterocycles. The Hall–Kier alpha value is -1.49. The lowest BCUT2D eigenvalue weighted by atomic mass is 9.94. The van der Waals surface area contributed by atoms with Crippen LogP contribution < -0.4 is 0 Å². The van der Waals surface area contributed by atoms with Crippen LogP contribution >= 0.6 is 11.6 Å². The van der Waals surface area contributed by atoms with Crippen molar-refractivity contribution in [1.29, 1.82) is 0 Å². The van der Waals surface area contributed by atoms with Gasteiger partial charge < -0.3 is 24.4 Å². The molecule has 3 aliphatic rings. The molecule has 176 valence electrons. The lowest BCUT2D eigenvalue weighted by molar-refractivity contribution is -0.154. The van der Waals surface area contributed by atoms with Gasteiger partial charge >= 0.3 is 5.97 Å². The van der Waals surface area contributed by atoms with E-state index in [1.54, 1.807) is 19.1 Å². The summed E-state index contributed by atoms with van der Waals surface area (Å²) in [4.78, 5) is 12.8. The van der Waals surface area contributed by atoms with E-state index in [0.717, 1.165) is 5.56 Å². The Morgan fingerprint density at radius 2 is 1.88 bits per heavy atom. The van der Waals surface area contributed by atoms with Gasteiger partial charge in [0.25, 0.3) is 0 Å². The molecule has 1 aromatic rings. The summed E-state index contributed by atoms with van der Waals surface area (Å²) in [5.41, 5.74) is 1.46. The molecular formula is C22H27ClO8S. The van der Waals surface area contributed by atoms with Crippen molar-refractivity contribution >= 4 is 27.4 Å². The molecule has 2 N–H and O–H groups in total. The molecule has 32 heavy (non-hydrogen) atoms. The Labute approximate surface area is 192 Å². The molecule has 1 aromatic carbocycles. The van der Waals surface area contributed by atoms with Gasteiger partial charge in [0, 0.05) is 11.4 Å². The number of carbonyl (C=O) groups excluding carboxylic acids is 1. The van der Waals surface area contributed by atoms with E-state index < -0.39 is 44.3 Å². The summed E-state index contributed by atoms with van der Waals surface area (Å²) in [6.07, 6.45) is 0.996. The first kappa shape index (κ1) is 23.7. The molecule has 1 saturated heterocycles. The van der Waals surface area contributed by atoms with Crippen molar-refractivity contribution in [2.75, 3.05) is 19.8 Å². The van der Waals surface area contributed by atoms with Gasteiger partial charge in [0.2, 0.25) is 0 Å². The molecule has 8 nitrogen and oxygen atoms in total. The lowest BCUT2D eigenvalue weighted by Gasteiger charge is -2.34. The average Bonchev–Trinajstić information content (AvgIpc) is 3.36. The van der Waals surface area contributed by atoms with E-state index in [9.17, 15) is 23.4 Å². The van der Waals surface area contributed by atoms with Crippen LogP contribution in [-0.2, 0) is 35.3 Å². The molecule has 4 atom stereocenters. The van der Waals surface area contributed by atoms with Gasteiger partial charge in [0.1, 0.15) is 12.2 Å². The number of hydrogen-bond acceptors (Lipinski definition) is 8. The predicted octanol–water partition coefficient (Wildman–Crippen LogP) is 1.86. The second kappa shape index (κ2) is 9.04. The van der Waals surface area contributed by atoms with Crippen molar-refractivity contribution < 1.29 is 37.6 Å². The molecule has 0 aromatic heterocycles. The van der Waals surface area contributed by atoms with Crippen molar-refractivity contribution in [1.82, 2.24) is 0 Å². The lowest BCUT2D eigenvalue weighted by Crippen LogP contribution is -2.42. The first-order valence-electron chi connectivity index (χ1n) is 10.7. The van der Waals surface area contributed by atoms with E-state index in [-0.39, 0.29) is 38.2 Å². The van der Waals surface area contributed by atoms with E-state index in [0.29, 0.717) is 23.4 Å². The Bertz CT molecular complexity index is 1010. The number of sulfone groups is 1. The van der Waals surface area contributed by atoms with Gasteiger partial charge in [-0.1, -0.05) is 23.7 Å². The van der Waals surface area contributed by atoms with Crippen molar-refractivity contribution in [3.05, 3.63) is 46.0 Å². The Kier molecular flexibility index (Phi) is 6.68. The van der Waals surface area contributed by atoms with E-state index >= 15 is 0 Å². The molecule has 0 radical (unpaired) electrons. The maximum atomic E-state index is 13.8. The number of aryl methyl sites for hydroxylation is 1. The molecule has 0 amide bonds. The zero-order chi connectivity index (χ0) is 23.1. The summed E-state index contributed by atoms with van der Waals surface area (Å²) >= 11 is 6.36. The van der Waals surface area contributed by atoms with Crippen molar-refractivity contribution in [3.8, 4) is 0 Å². The summed E-state index contributed by atoms with van der Waals surface area (Å²) in [6, 6.07) is 5.35.